The van der Waals surface area contributed by atoms with Crippen molar-refractivity contribution < 1.29 is 14.3 Å². The number of hydrogen-bond donors (Lipinski definition) is 1. The van der Waals surface area contributed by atoms with Crippen LogP contribution in [-0.2, 0) is 14.3 Å². The summed E-state index contributed by atoms with van der Waals surface area (Å²) in [5.41, 5.74) is -0.510. The molecular weight excluding hydrogens is 230 g/mol. The zero-order valence-corrected chi connectivity index (χ0v) is 12.7. The molecule has 0 aromatic rings. The summed E-state index contributed by atoms with van der Waals surface area (Å²) >= 11 is 0. The van der Waals surface area contributed by atoms with E-state index in [-0.39, 0.29) is 23.9 Å². The van der Waals surface area contributed by atoms with Gasteiger partial charge in [0.1, 0.15) is 6.04 Å². The van der Waals surface area contributed by atoms with Crippen molar-refractivity contribution in [3.05, 3.63) is 0 Å². The van der Waals surface area contributed by atoms with Gasteiger partial charge in [-0.15, -0.1) is 0 Å². The van der Waals surface area contributed by atoms with Gasteiger partial charge in [-0.3, -0.25) is 4.79 Å². The standard InChI is InChI=1S/C14H27NO3/c1-8-10(4)18-12(16)11(9(2)3)15-13(17)14(5,6)7/h9-11H,8H2,1-7H3,(H,15,17)/t10-,11-/m0/s1. The highest BCUT2D eigenvalue weighted by atomic mass is 16.5. The molecular formula is C14H27NO3. The SMILES string of the molecule is CC[C@H](C)OC(=O)[C@@H](NC(=O)C(C)(C)C)C(C)C. The Morgan fingerprint density at radius 1 is 1.17 bits per heavy atom. The molecule has 0 aliphatic heterocycles. The summed E-state index contributed by atoms with van der Waals surface area (Å²) in [6.07, 6.45) is 0.648. The van der Waals surface area contributed by atoms with Gasteiger partial charge in [0.15, 0.2) is 0 Å². The maximum absolute atomic E-state index is 12.0. The molecule has 0 aromatic heterocycles. The molecule has 0 radical (unpaired) electrons. The molecule has 0 saturated heterocycles. The molecule has 4 nitrogen and oxygen atoms in total. The van der Waals surface area contributed by atoms with Gasteiger partial charge in [-0.05, 0) is 19.3 Å². The molecule has 1 N–H and O–H groups in total. The third kappa shape index (κ3) is 5.52. The van der Waals surface area contributed by atoms with Crippen molar-refractivity contribution in [1.29, 1.82) is 0 Å². The molecule has 0 spiro atoms. The number of amides is 1. The van der Waals surface area contributed by atoms with Gasteiger partial charge in [0.2, 0.25) is 5.91 Å². The first-order chi connectivity index (χ1) is 8.09. The maximum Gasteiger partial charge on any atom is 0.329 e. The van der Waals surface area contributed by atoms with Crippen LogP contribution in [0.15, 0.2) is 0 Å². The lowest BCUT2D eigenvalue weighted by Crippen LogP contribution is -2.49. The molecule has 1 amide bonds. The van der Waals surface area contributed by atoms with Crippen molar-refractivity contribution in [2.45, 2.75) is 67.0 Å². The Balaban J connectivity index is 4.68. The van der Waals surface area contributed by atoms with Gasteiger partial charge >= 0.3 is 5.97 Å². The minimum absolute atomic E-state index is 0.00727. The van der Waals surface area contributed by atoms with Gasteiger partial charge in [-0.2, -0.15) is 0 Å². The quantitative estimate of drug-likeness (QED) is 0.770. The van der Waals surface area contributed by atoms with Crippen LogP contribution in [0, 0.1) is 11.3 Å². The normalized spacial score (nSPS) is 15.1. The predicted molar refractivity (Wildman–Crippen MR) is 72.1 cm³/mol. The Labute approximate surface area is 110 Å². The highest BCUT2D eigenvalue weighted by Gasteiger charge is 2.30. The Morgan fingerprint density at radius 2 is 1.67 bits per heavy atom. The van der Waals surface area contributed by atoms with Gasteiger partial charge in [-0.1, -0.05) is 41.5 Å². The van der Waals surface area contributed by atoms with E-state index in [2.05, 4.69) is 5.32 Å². The Bertz CT molecular complexity index is 292. The number of hydrogen-bond acceptors (Lipinski definition) is 3. The highest BCUT2D eigenvalue weighted by molar-refractivity contribution is 5.87. The average molecular weight is 257 g/mol. The summed E-state index contributed by atoms with van der Waals surface area (Å²) in [5, 5.41) is 2.77. The van der Waals surface area contributed by atoms with Crippen LogP contribution in [0.25, 0.3) is 0 Å². The van der Waals surface area contributed by atoms with Gasteiger partial charge in [-0.25, -0.2) is 4.79 Å². The number of carbonyl (C=O) groups excluding carboxylic acids is 2. The van der Waals surface area contributed by atoms with Crippen LogP contribution in [0.4, 0.5) is 0 Å². The number of esters is 1. The molecule has 0 heterocycles. The topological polar surface area (TPSA) is 55.4 Å². The molecule has 0 aliphatic rings. The van der Waals surface area contributed by atoms with Gasteiger partial charge in [0.05, 0.1) is 6.10 Å². The van der Waals surface area contributed by atoms with Crippen LogP contribution >= 0.6 is 0 Å². The molecule has 0 rings (SSSR count). The van der Waals surface area contributed by atoms with Crippen molar-refractivity contribution >= 4 is 11.9 Å². The van der Waals surface area contributed by atoms with Gasteiger partial charge in [0.25, 0.3) is 0 Å². The fraction of sp³-hybridized carbons (Fsp3) is 0.857. The van der Waals surface area contributed by atoms with Gasteiger partial charge < -0.3 is 10.1 Å². The van der Waals surface area contributed by atoms with E-state index in [4.69, 9.17) is 4.74 Å². The van der Waals surface area contributed by atoms with E-state index in [1.807, 2.05) is 48.5 Å². The fourth-order valence-corrected chi connectivity index (χ4v) is 1.21. The average Bonchev–Trinajstić information content (AvgIpc) is 2.22. The lowest BCUT2D eigenvalue weighted by molar-refractivity contribution is -0.154. The van der Waals surface area contributed by atoms with Crippen LogP contribution in [0.1, 0.15) is 54.9 Å². The third-order valence-electron chi connectivity index (χ3n) is 2.78. The molecule has 4 heteroatoms. The second-order valence-corrected chi connectivity index (χ2v) is 6.10. The second kappa shape index (κ2) is 6.76. The van der Waals surface area contributed by atoms with Crippen LogP contribution in [0.3, 0.4) is 0 Å². The third-order valence-corrected chi connectivity index (χ3v) is 2.78. The monoisotopic (exact) mass is 257 g/mol. The molecule has 0 fully saturated rings. The van der Waals surface area contributed by atoms with Crippen LogP contribution in [0.5, 0.6) is 0 Å². The predicted octanol–water partition coefficient (Wildman–Crippen LogP) is 2.52. The molecule has 0 saturated carbocycles. The molecule has 0 bridgehead atoms. The van der Waals surface area contributed by atoms with Gasteiger partial charge in [0, 0.05) is 5.41 Å². The summed E-state index contributed by atoms with van der Waals surface area (Å²) in [4.78, 5) is 23.9. The number of carbonyl (C=O) groups is 2. The number of rotatable bonds is 5. The van der Waals surface area contributed by atoms with E-state index < -0.39 is 11.5 Å². The maximum atomic E-state index is 12.0. The first-order valence-electron chi connectivity index (χ1n) is 6.61. The zero-order chi connectivity index (χ0) is 14.5. The molecule has 106 valence electrons. The minimum Gasteiger partial charge on any atom is -0.461 e. The largest absolute Gasteiger partial charge is 0.461 e. The summed E-state index contributed by atoms with van der Waals surface area (Å²) in [5.74, 6) is -0.480. The first kappa shape index (κ1) is 16.9. The molecule has 2 atom stereocenters. The Hall–Kier alpha value is -1.06. The number of ether oxygens (including phenoxy) is 1. The van der Waals surface area contributed by atoms with E-state index in [9.17, 15) is 9.59 Å². The lowest BCUT2D eigenvalue weighted by atomic mass is 9.94. The van der Waals surface area contributed by atoms with Crippen LogP contribution in [0.2, 0.25) is 0 Å². The van der Waals surface area contributed by atoms with E-state index in [0.717, 1.165) is 6.42 Å². The van der Waals surface area contributed by atoms with E-state index in [1.165, 1.54) is 0 Å². The van der Waals surface area contributed by atoms with E-state index >= 15 is 0 Å². The highest BCUT2D eigenvalue weighted by Crippen LogP contribution is 2.15. The van der Waals surface area contributed by atoms with Crippen LogP contribution < -0.4 is 5.32 Å². The summed E-state index contributed by atoms with van der Waals surface area (Å²) in [6, 6.07) is -0.578. The molecule has 18 heavy (non-hydrogen) atoms. The number of nitrogens with one attached hydrogen (secondary N) is 1. The van der Waals surface area contributed by atoms with Crippen molar-refractivity contribution in [3.63, 3.8) is 0 Å². The van der Waals surface area contributed by atoms with E-state index in [1.54, 1.807) is 0 Å². The van der Waals surface area contributed by atoms with Crippen molar-refractivity contribution in [1.82, 2.24) is 5.32 Å². The van der Waals surface area contributed by atoms with E-state index in [0.29, 0.717) is 0 Å². The van der Waals surface area contributed by atoms with Crippen molar-refractivity contribution in [2.24, 2.45) is 11.3 Å². The summed E-state index contributed by atoms with van der Waals surface area (Å²) in [7, 11) is 0. The molecule has 0 unspecified atom stereocenters. The smallest absolute Gasteiger partial charge is 0.329 e. The first-order valence-corrected chi connectivity index (χ1v) is 6.61. The fourth-order valence-electron chi connectivity index (χ4n) is 1.21. The molecule has 0 aromatic carbocycles. The lowest BCUT2D eigenvalue weighted by Gasteiger charge is -2.26. The zero-order valence-electron chi connectivity index (χ0n) is 12.7. The van der Waals surface area contributed by atoms with Crippen LogP contribution in [-0.4, -0.2) is 24.0 Å². The summed E-state index contributed by atoms with van der Waals surface area (Å²) < 4.78 is 5.28. The molecule has 0 aliphatic carbocycles. The minimum atomic E-state index is -0.578. The van der Waals surface area contributed by atoms with Crippen molar-refractivity contribution in [3.8, 4) is 0 Å². The second-order valence-electron chi connectivity index (χ2n) is 6.10. The van der Waals surface area contributed by atoms with Crippen molar-refractivity contribution in [2.75, 3.05) is 0 Å². The Kier molecular flexibility index (Phi) is 6.36. The summed E-state index contributed by atoms with van der Waals surface area (Å²) in [6.45, 7) is 13.0. The Morgan fingerprint density at radius 3 is 2.00 bits per heavy atom.